The standard InChI is InChI=1S/C14H17NO5/c16-13(17)12(10-4-2-1-3-5-10)15-14(18)20-11-6-8-19-9-7-11/h1-5,11-12H,6-9H2,(H,15,18)(H,16,17)/t12-/m1/s1. The molecule has 0 aliphatic carbocycles. The lowest BCUT2D eigenvalue weighted by Crippen LogP contribution is -2.37. The zero-order valence-electron chi connectivity index (χ0n) is 11.0. The second-order valence-electron chi connectivity index (χ2n) is 4.54. The number of nitrogens with one attached hydrogen (secondary N) is 1. The average Bonchev–Trinajstić information content (AvgIpc) is 2.46. The van der Waals surface area contributed by atoms with Crippen LogP contribution in [0.1, 0.15) is 24.4 Å². The zero-order valence-corrected chi connectivity index (χ0v) is 11.0. The van der Waals surface area contributed by atoms with Crippen LogP contribution in [0.25, 0.3) is 0 Å². The lowest BCUT2D eigenvalue weighted by Gasteiger charge is -2.23. The molecule has 1 aliphatic rings. The summed E-state index contributed by atoms with van der Waals surface area (Å²) >= 11 is 0. The topological polar surface area (TPSA) is 84.9 Å². The molecular weight excluding hydrogens is 262 g/mol. The van der Waals surface area contributed by atoms with Gasteiger partial charge in [-0.15, -0.1) is 0 Å². The smallest absolute Gasteiger partial charge is 0.408 e. The quantitative estimate of drug-likeness (QED) is 0.876. The first-order valence-electron chi connectivity index (χ1n) is 6.49. The van der Waals surface area contributed by atoms with Gasteiger partial charge < -0.3 is 19.9 Å². The fourth-order valence-corrected chi connectivity index (χ4v) is 2.03. The van der Waals surface area contributed by atoms with Gasteiger partial charge in [0.2, 0.25) is 0 Å². The van der Waals surface area contributed by atoms with Gasteiger partial charge in [-0.05, 0) is 5.56 Å². The summed E-state index contributed by atoms with van der Waals surface area (Å²) in [5, 5.41) is 11.6. The fourth-order valence-electron chi connectivity index (χ4n) is 2.03. The summed E-state index contributed by atoms with van der Waals surface area (Å²) in [4.78, 5) is 23.0. The molecule has 6 heteroatoms. The van der Waals surface area contributed by atoms with E-state index in [9.17, 15) is 14.7 Å². The highest BCUT2D eigenvalue weighted by atomic mass is 16.6. The molecule has 1 amide bonds. The molecule has 0 saturated carbocycles. The van der Waals surface area contributed by atoms with Crippen molar-refractivity contribution in [3.8, 4) is 0 Å². The van der Waals surface area contributed by atoms with E-state index in [1.54, 1.807) is 30.3 Å². The summed E-state index contributed by atoms with van der Waals surface area (Å²) in [5.41, 5.74) is 0.504. The molecule has 1 atom stereocenters. The Morgan fingerprint density at radius 2 is 1.90 bits per heavy atom. The minimum absolute atomic E-state index is 0.214. The third kappa shape index (κ3) is 3.96. The summed E-state index contributed by atoms with van der Waals surface area (Å²) in [6, 6.07) is 7.40. The van der Waals surface area contributed by atoms with E-state index in [0.717, 1.165) is 0 Å². The average molecular weight is 279 g/mol. The Morgan fingerprint density at radius 3 is 2.50 bits per heavy atom. The summed E-state index contributed by atoms with van der Waals surface area (Å²) in [7, 11) is 0. The van der Waals surface area contributed by atoms with Gasteiger partial charge in [0.1, 0.15) is 6.10 Å². The molecular formula is C14H17NO5. The van der Waals surface area contributed by atoms with E-state index in [1.807, 2.05) is 0 Å². The Balaban J connectivity index is 1.94. The van der Waals surface area contributed by atoms with Crippen LogP contribution in [0.2, 0.25) is 0 Å². The van der Waals surface area contributed by atoms with Crippen LogP contribution in [0.4, 0.5) is 4.79 Å². The van der Waals surface area contributed by atoms with Crippen molar-refractivity contribution >= 4 is 12.1 Å². The number of carbonyl (C=O) groups excluding carboxylic acids is 1. The van der Waals surface area contributed by atoms with Crippen LogP contribution in [0.15, 0.2) is 30.3 Å². The molecule has 0 aromatic heterocycles. The summed E-state index contributed by atoms with van der Waals surface area (Å²) in [5.74, 6) is -1.12. The molecule has 0 unspecified atom stereocenters. The molecule has 108 valence electrons. The molecule has 1 aromatic rings. The maximum atomic E-state index is 11.8. The van der Waals surface area contributed by atoms with Gasteiger partial charge in [0.05, 0.1) is 13.2 Å². The van der Waals surface area contributed by atoms with E-state index in [1.165, 1.54) is 0 Å². The zero-order chi connectivity index (χ0) is 14.4. The van der Waals surface area contributed by atoms with E-state index in [2.05, 4.69) is 5.32 Å². The third-order valence-corrected chi connectivity index (χ3v) is 3.08. The Bertz CT molecular complexity index is 456. The largest absolute Gasteiger partial charge is 0.479 e. The molecule has 2 rings (SSSR count). The minimum atomic E-state index is -1.12. The van der Waals surface area contributed by atoms with Crippen molar-refractivity contribution in [3.05, 3.63) is 35.9 Å². The monoisotopic (exact) mass is 279 g/mol. The number of rotatable bonds is 4. The number of benzene rings is 1. The van der Waals surface area contributed by atoms with Gasteiger partial charge >= 0.3 is 12.1 Å². The molecule has 0 radical (unpaired) electrons. The molecule has 20 heavy (non-hydrogen) atoms. The van der Waals surface area contributed by atoms with Crippen molar-refractivity contribution < 1.29 is 24.2 Å². The van der Waals surface area contributed by atoms with Crippen molar-refractivity contribution in [2.24, 2.45) is 0 Å². The fraction of sp³-hybridized carbons (Fsp3) is 0.429. The van der Waals surface area contributed by atoms with Crippen LogP contribution in [-0.2, 0) is 14.3 Å². The maximum absolute atomic E-state index is 11.8. The van der Waals surface area contributed by atoms with Crippen molar-refractivity contribution in [2.75, 3.05) is 13.2 Å². The van der Waals surface area contributed by atoms with Gasteiger partial charge in [-0.3, -0.25) is 0 Å². The second-order valence-corrected chi connectivity index (χ2v) is 4.54. The lowest BCUT2D eigenvalue weighted by molar-refractivity contribution is -0.139. The maximum Gasteiger partial charge on any atom is 0.408 e. The molecule has 0 bridgehead atoms. The van der Waals surface area contributed by atoms with Crippen LogP contribution in [0.3, 0.4) is 0 Å². The van der Waals surface area contributed by atoms with Crippen molar-refractivity contribution in [2.45, 2.75) is 25.0 Å². The number of carboxylic acid groups (broad SMARTS) is 1. The first kappa shape index (κ1) is 14.3. The normalized spacial score (nSPS) is 17.2. The molecule has 1 aliphatic heterocycles. The van der Waals surface area contributed by atoms with Gasteiger partial charge in [0.15, 0.2) is 6.04 Å². The van der Waals surface area contributed by atoms with E-state index in [-0.39, 0.29) is 6.10 Å². The molecule has 1 saturated heterocycles. The minimum Gasteiger partial charge on any atom is -0.479 e. The highest BCUT2D eigenvalue weighted by molar-refractivity contribution is 5.81. The van der Waals surface area contributed by atoms with Crippen LogP contribution in [0.5, 0.6) is 0 Å². The number of carbonyl (C=O) groups is 2. The Hall–Kier alpha value is -2.08. The van der Waals surface area contributed by atoms with E-state index in [4.69, 9.17) is 9.47 Å². The third-order valence-electron chi connectivity index (χ3n) is 3.08. The van der Waals surface area contributed by atoms with Gasteiger partial charge in [-0.2, -0.15) is 0 Å². The van der Waals surface area contributed by atoms with Crippen molar-refractivity contribution in [3.63, 3.8) is 0 Å². The van der Waals surface area contributed by atoms with E-state index in [0.29, 0.717) is 31.6 Å². The number of hydrogen-bond acceptors (Lipinski definition) is 4. The summed E-state index contributed by atoms with van der Waals surface area (Å²) in [6.07, 6.45) is 0.342. The summed E-state index contributed by atoms with van der Waals surface area (Å²) in [6.45, 7) is 1.11. The Kier molecular flexibility index (Phi) is 4.95. The second kappa shape index (κ2) is 6.91. The molecule has 6 nitrogen and oxygen atoms in total. The molecule has 1 heterocycles. The number of alkyl carbamates (subject to hydrolysis) is 1. The lowest BCUT2D eigenvalue weighted by atomic mass is 10.1. The van der Waals surface area contributed by atoms with E-state index >= 15 is 0 Å². The number of hydrogen-bond donors (Lipinski definition) is 2. The predicted molar refractivity (Wildman–Crippen MR) is 70.3 cm³/mol. The Labute approximate surface area is 116 Å². The number of carboxylic acids is 1. The molecule has 0 spiro atoms. The number of ether oxygens (including phenoxy) is 2. The van der Waals surface area contributed by atoms with E-state index < -0.39 is 18.1 Å². The first-order valence-corrected chi connectivity index (χ1v) is 6.49. The number of amides is 1. The van der Waals surface area contributed by atoms with Crippen molar-refractivity contribution in [1.82, 2.24) is 5.32 Å². The molecule has 1 aromatic carbocycles. The van der Waals surface area contributed by atoms with Crippen LogP contribution >= 0.6 is 0 Å². The first-order chi connectivity index (χ1) is 9.66. The van der Waals surface area contributed by atoms with Crippen LogP contribution in [-0.4, -0.2) is 36.5 Å². The van der Waals surface area contributed by atoms with Gasteiger partial charge in [-0.25, -0.2) is 9.59 Å². The van der Waals surface area contributed by atoms with Gasteiger partial charge in [0.25, 0.3) is 0 Å². The van der Waals surface area contributed by atoms with Gasteiger partial charge in [-0.1, -0.05) is 30.3 Å². The number of aliphatic carboxylic acids is 1. The summed E-state index contributed by atoms with van der Waals surface area (Å²) < 4.78 is 10.4. The highest BCUT2D eigenvalue weighted by Gasteiger charge is 2.25. The SMILES string of the molecule is O=C(N[C@@H](C(=O)O)c1ccccc1)OC1CCOCC1. The van der Waals surface area contributed by atoms with Crippen LogP contribution < -0.4 is 5.32 Å². The van der Waals surface area contributed by atoms with Gasteiger partial charge in [0, 0.05) is 12.8 Å². The predicted octanol–water partition coefficient (Wildman–Crippen LogP) is 1.72. The molecule has 2 N–H and O–H groups in total. The highest BCUT2D eigenvalue weighted by Crippen LogP contribution is 2.15. The van der Waals surface area contributed by atoms with Crippen molar-refractivity contribution in [1.29, 1.82) is 0 Å². The van der Waals surface area contributed by atoms with Crippen LogP contribution in [0, 0.1) is 0 Å². The molecule has 1 fully saturated rings. The Morgan fingerprint density at radius 1 is 1.25 bits per heavy atom.